The number of fused-ring (bicyclic) bond motifs is 1. The van der Waals surface area contributed by atoms with Crippen LogP contribution in [0.3, 0.4) is 0 Å². The highest BCUT2D eigenvalue weighted by Gasteiger charge is 2.42. The van der Waals surface area contributed by atoms with Crippen LogP contribution in [-0.2, 0) is 4.79 Å². The lowest BCUT2D eigenvalue weighted by Crippen LogP contribution is -2.49. The van der Waals surface area contributed by atoms with Gasteiger partial charge in [-0.05, 0) is 32.9 Å². The minimum Gasteiger partial charge on any atom is -0.337 e. The predicted molar refractivity (Wildman–Crippen MR) is 93.5 cm³/mol. The van der Waals surface area contributed by atoms with Crippen LogP contribution < -0.4 is 0 Å². The van der Waals surface area contributed by atoms with Crippen LogP contribution in [-0.4, -0.2) is 46.7 Å². The fraction of sp³-hybridized carbons (Fsp3) is 0.353. The number of hydrogen-bond acceptors (Lipinski definition) is 3. The summed E-state index contributed by atoms with van der Waals surface area (Å²) in [6, 6.07) is 1.80. The molecule has 0 saturated carbocycles. The van der Waals surface area contributed by atoms with Gasteiger partial charge in [-0.2, -0.15) is 0 Å². The first-order chi connectivity index (χ1) is 11.2. The number of halogens is 2. The molecule has 0 spiro atoms. The van der Waals surface area contributed by atoms with Crippen LogP contribution >= 0.6 is 23.2 Å². The van der Waals surface area contributed by atoms with E-state index < -0.39 is 17.9 Å². The van der Waals surface area contributed by atoms with Crippen LogP contribution in [0.2, 0.25) is 10.0 Å². The van der Waals surface area contributed by atoms with E-state index in [9.17, 15) is 14.4 Å². The third-order valence-corrected chi connectivity index (χ3v) is 4.58. The van der Waals surface area contributed by atoms with E-state index in [0.29, 0.717) is 13.1 Å². The molecule has 0 saturated heterocycles. The van der Waals surface area contributed by atoms with Gasteiger partial charge in [0.25, 0.3) is 11.8 Å². The molecule has 128 valence electrons. The van der Waals surface area contributed by atoms with Gasteiger partial charge < -0.3 is 4.90 Å². The summed E-state index contributed by atoms with van der Waals surface area (Å²) < 4.78 is 0. The van der Waals surface area contributed by atoms with Crippen LogP contribution in [0.25, 0.3) is 0 Å². The molecular formula is C17H18Cl2N2O3. The third-order valence-electron chi connectivity index (χ3n) is 3.86. The van der Waals surface area contributed by atoms with Crippen molar-refractivity contribution in [3.8, 4) is 0 Å². The Morgan fingerprint density at radius 2 is 1.67 bits per heavy atom. The van der Waals surface area contributed by atoms with Gasteiger partial charge in [0.2, 0.25) is 5.91 Å². The van der Waals surface area contributed by atoms with Crippen molar-refractivity contribution in [1.82, 2.24) is 9.80 Å². The second-order valence-corrected chi connectivity index (χ2v) is 6.59. The lowest BCUT2D eigenvalue weighted by molar-refractivity contribution is -0.134. The average Bonchev–Trinajstić information content (AvgIpc) is 2.75. The molecule has 1 unspecified atom stereocenters. The lowest BCUT2D eigenvalue weighted by Gasteiger charge is -2.28. The van der Waals surface area contributed by atoms with Crippen molar-refractivity contribution in [2.24, 2.45) is 0 Å². The molecule has 0 aromatic heterocycles. The molecule has 0 radical (unpaired) electrons. The van der Waals surface area contributed by atoms with Crippen LogP contribution in [0.15, 0.2) is 24.3 Å². The number of rotatable bonds is 5. The molecule has 0 fully saturated rings. The van der Waals surface area contributed by atoms with Crippen LogP contribution in [0.5, 0.6) is 0 Å². The van der Waals surface area contributed by atoms with Gasteiger partial charge >= 0.3 is 0 Å². The first-order valence-corrected chi connectivity index (χ1v) is 8.24. The van der Waals surface area contributed by atoms with E-state index in [1.807, 2.05) is 13.8 Å². The quantitative estimate of drug-likeness (QED) is 0.591. The monoisotopic (exact) mass is 368 g/mol. The third kappa shape index (κ3) is 3.19. The van der Waals surface area contributed by atoms with Crippen LogP contribution in [0.1, 0.15) is 41.5 Å². The van der Waals surface area contributed by atoms with Gasteiger partial charge in [-0.15, -0.1) is 0 Å². The van der Waals surface area contributed by atoms with E-state index in [0.717, 1.165) is 10.5 Å². The Labute approximate surface area is 150 Å². The molecule has 2 rings (SSSR count). The van der Waals surface area contributed by atoms with Crippen molar-refractivity contribution in [1.29, 1.82) is 0 Å². The molecule has 3 amide bonds. The second-order valence-electron chi connectivity index (χ2n) is 5.78. The maximum absolute atomic E-state index is 12.7. The molecule has 1 heterocycles. The lowest BCUT2D eigenvalue weighted by atomic mass is 10.1. The first-order valence-electron chi connectivity index (χ1n) is 7.49. The molecule has 1 aliphatic rings. The zero-order valence-corrected chi connectivity index (χ0v) is 15.2. The van der Waals surface area contributed by atoms with E-state index in [2.05, 4.69) is 6.58 Å². The Kier molecular flexibility index (Phi) is 5.35. The second kappa shape index (κ2) is 6.95. The molecule has 0 bridgehead atoms. The van der Waals surface area contributed by atoms with Crippen molar-refractivity contribution in [2.45, 2.75) is 26.8 Å². The summed E-state index contributed by atoms with van der Waals surface area (Å²) in [5.41, 5.74) is 1.15. The fourth-order valence-electron chi connectivity index (χ4n) is 2.65. The van der Waals surface area contributed by atoms with Crippen molar-refractivity contribution in [3.05, 3.63) is 45.5 Å². The summed E-state index contributed by atoms with van der Waals surface area (Å²) in [7, 11) is 0. The molecule has 1 aliphatic heterocycles. The van der Waals surface area contributed by atoms with Gasteiger partial charge in [-0.1, -0.05) is 35.4 Å². The van der Waals surface area contributed by atoms with Crippen molar-refractivity contribution < 1.29 is 14.4 Å². The maximum atomic E-state index is 12.7. The Bertz CT molecular complexity index is 705. The highest BCUT2D eigenvalue weighted by atomic mass is 35.5. The highest BCUT2D eigenvalue weighted by Crippen LogP contribution is 2.32. The van der Waals surface area contributed by atoms with Gasteiger partial charge in [0.05, 0.1) is 21.2 Å². The number of carbonyl (C=O) groups is 3. The number of likely N-dealkylation sites (N-methyl/N-ethyl adjacent to an activating group) is 1. The molecule has 0 aliphatic carbocycles. The summed E-state index contributed by atoms with van der Waals surface area (Å²) in [5.74, 6) is -1.39. The summed E-state index contributed by atoms with van der Waals surface area (Å²) in [5, 5.41) is 0.379. The molecule has 5 nitrogen and oxygen atoms in total. The standard InChI is InChI=1S/C17H18Cl2N2O3/c1-5-20(8-9(2)3)15(22)10(4)21-16(23)11-6-13(18)14(19)7-12(11)17(21)24/h6-7,10H,2,5,8H2,1,3-4H3. The molecule has 7 heteroatoms. The summed E-state index contributed by atoms with van der Waals surface area (Å²) >= 11 is 11.9. The number of benzene rings is 1. The first kappa shape index (κ1) is 18.5. The summed E-state index contributed by atoms with van der Waals surface area (Å²) in [6.45, 7) is 9.80. The number of nitrogens with zero attached hydrogens (tertiary/aromatic N) is 2. The fourth-order valence-corrected chi connectivity index (χ4v) is 2.98. The van der Waals surface area contributed by atoms with E-state index in [-0.39, 0.29) is 27.1 Å². The molecule has 0 N–H and O–H groups in total. The highest BCUT2D eigenvalue weighted by molar-refractivity contribution is 6.43. The van der Waals surface area contributed by atoms with Gasteiger partial charge in [-0.25, -0.2) is 0 Å². The molecule has 24 heavy (non-hydrogen) atoms. The van der Waals surface area contributed by atoms with Gasteiger partial charge in [0, 0.05) is 13.1 Å². The van der Waals surface area contributed by atoms with Crippen LogP contribution in [0, 0.1) is 0 Å². The zero-order valence-electron chi connectivity index (χ0n) is 13.7. The molecule has 1 atom stereocenters. The largest absolute Gasteiger partial charge is 0.337 e. The Balaban J connectivity index is 2.33. The van der Waals surface area contributed by atoms with Crippen molar-refractivity contribution >= 4 is 40.9 Å². The number of hydrogen-bond donors (Lipinski definition) is 0. The summed E-state index contributed by atoms with van der Waals surface area (Å²) in [4.78, 5) is 40.3. The normalized spacial score (nSPS) is 14.6. The van der Waals surface area contributed by atoms with E-state index in [1.54, 1.807) is 4.90 Å². The predicted octanol–water partition coefficient (Wildman–Crippen LogP) is 3.40. The maximum Gasteiger partial charge on any atom is 0.262 e. The van der Waals surface area contributed by atoms with E-state index in [4.69, 9.17) is 23.2 Å². The SMILES string of the molecule is C=C(C)CN(CC)C(=O)C(C)N1C(=O)c2cc(Cl)c(Cl)cc2C1=O. The Morgan fingerprint density at radius 1 is 1.21 bits per heavy atom. The van der Waals surface area contributed by atoms with E-state index in [1.165, 1.54) is 19.1 Å². The number of imide groups is 1. The minimum absolute atomic E-state index is 0.164. The van der Waals surface area contributed by atoms with Crippen molar-refractivity contribution in [2.75, 3.05) is 13.1 Å². The topological polar surface area (TPSA) is 57.7 Å². The minimum atomic E-state index is -0.922. The number of amides is 3. The zero-order chi connectivity index (χ0) is 18.2. The molecule has 1 aromatic carbocycles. The van der Waals surface area contributed by atoms with Gasteiger partial charge in [0.1, 0.15) is 6.04 Å². The van der Waals surface area contributed by atoms with Crippen molar-refractivity contribution in [3.63, 3.8) is 0 Å². The Hall–Kier alpha value is -1.85. The number of carbonyl (C=O) groups excluding carboxylic acids is 3. The summed E-state index contributed by atoms with van der Waals surface area (Å²) in [6.07, 6.45) is 0. The average molecular weight is 369 g/mol. The van der Waals surface area contributed by atoms with Gasteiger partial charge in [0.15, 0.2) is 0 Å². The van der Waals surface area contributed by atoms with E-state index >= 15 is 0 Å². The van der Waals surface area contributed by atoms with Crippen LogP contribution in [0.4, 0.5) is 0 Å². The molecule has 1 aromatic rings. The molecular weight excluding hydrogens is 351 g/mol. The smallest absolute Gasteiger partial charge is 0.262 e. The van der Waals surface area contributed by atoms with Gasteiger partial charge in [-0.3, -0.25) is 19.3 Å². The Morgan fingerprint density at radius 3 is 2.04 bits per heavy atom.